The zero-order chi connectivity index (χ0) is 18.1. The average molecular weight is 342 g/mol. The molecule has 5 rings (SSSR count). The lowest BCUT2D eigenvalue weighted by Gasteiger charge is -2.39. The first kappa shape index (κ1) is 15.7. The van der Waals surface area contributed by atoms with E-state index in [1.165, 1.54) is 27.5 Å². The lowest BCUT2D eigenvalue weighted by molar-refractivity contribution is -0.141. The SMILES string of the molecule is CC(=O)C1(C(C)=O)CC2=Cc3c(ccc4ccccc34)[C@H]3C=CC[C@@H]1[C@@H]23. The van der Waals surface area contributed by atoms with Gasteiger partial charge < -0.3 is 0 Å². The molecule has 1 fully saturated rings. The number of ketones is 2. The molecule has 0 bridgehead atoms. The Hall–Kier alpha value is -2.48. The Labute approximate surface area is 153 Å². The maximum atomic E-state index is 12.7. The van der Waals surface area contributed by atoms with E-state index in [4.69, 9.17) is 0 Å². The maximum Gasteiger partial charge on any atom is 0.143 e. The molecule has 0 saturated heterocycles. The van der Waals surface area contributed by atoms with E-state index in [2.05, 4.69) is 54.6 Å². The summed E-state index contributed by atoms with van der Waals surface area (Å²) in [5.74, 6) is 0.718. The van der Waals surface area contributed by atoms with E-state index < -0.39 is 5.41 Å². The second-order valence-electron chi connectivity index (χ2n) is 8.09. The largest absolute Gasteiger partial charge is 0.299 e. The second kappa shape index (κ2) is 5.26. The fourth-order valence-electron chi connectivity index (χ4n) is 5.87. The van der Waals surface area contributed by atoms with Gasteiger partial charge in [-0.05, 0) is 60.4 Å². The summed E-state index contributed by atoms with van der Waals surface area (Å²) in [6.45, 7) is 3.21. The van der Waals surface area contributed by atoms with E-state index in [0.29, 0.717) is 6.42 Å². The summed E-state index contributed by atoms with van der Waals surface area (Å²) in [5.41, 5.74) is 3.06. The number of allylic oxidation sites excluding steroid dienone is 3. The molecule has 3 aliphatic rings. The molecule has 0 aliphatic heterocycles. The standard InChI is InChI=1S/C24H22O2/c1-14(25)24(15(2)26)13-17-12-21-18-7-4-3-6-16(18)10-11-19(21)20-8-5-9-22(24)23(17)20/h3-8,10-12,20,22-23H,9,13H2,1-2H3/t20-,22-,23+/m1/s1. The lowest BCUT2D eigenvalue weighted by Crippen LogP contribution is -2.42. The molecule has 1 saturated carbocycles. The second-order valence-corrected chi connectivity index (χ2v) is 8.09. The molecule has 0 N–H and O–H groups in total. The van der Waals surface area contributed by atoms with Gasteiger partial charge in [0, 0.05) is 5.92 Å². The average Bonchev–Trinajstić information content (AvgIpc) is 2.99. The van der Waals surface area contributed by atoms with Gasteiger partial charge in [-0.3, -0.25) is 9.59 Å². The van der Waals surface area contributed by atoms with E-state index in [-0.39, 0.29) is 29.3 Å². The van der Waals surface area contributed by atoms with E-state index in [9.17, 15) is 9.59 Å². The summed E-state index contributed by atoms with van der Waals surface area (Å²) in [6.07, 6.45) is 8.20. The molecule has 3 atom stereocenters. The molecule has 2 nitrogen and oxygen atoms in total. The van der Waals surface area contributed by atoms with Crippen LogP contribution in [-0.4, -0.2) is 11.6 Å². The Morgan fingerprint density at radius 1 is 1.04 bits per heavy atom. The molecule has 2 heteroatoms. The van der Waals surface area contributed by atoms with Crippen LogP contribution in [0.5, 0.6) is 0 Å². The topological polar surface area (TPSA) is 34.1 Å². The Morgan fingerprint density at radius 2 is 1.81 bits per heavy atom. The Balaban J connectivity index is 1.78. The molecule has 0 unspecified atom stereocenters. The van der Waals surface area contributed by atoms with Crippen molar-refractivity contribution in [2.24, 2.45) is 17.3 Å². The fourth-order valence-corrected chi connectivity index (χ4v) is 5.87. The highest BCUT2D eigenvalue weighted by Gasteiger charge is 2.59. The molecule has 130 valence electrons. The molecular weight excluding hydrogens is 320 g/mol. The highest BCUT2D eigenvalue weighted by Crippen LogP contribution is 2.61. The van der Waals surface area contributed by atoms with Crippen LogP contribution in [0.3, 0.4) is 0 Å². The molecule has 0 heterocycles. The number of hydrogen-bond donors (Lipinski definition) is 0. The molecule has 0 spiro atoms. The van der Waals surface area contributed by atoms with Crippen molar-refractivity contribution in [1.29, 1.82) is 0 Å². The summed E-state index contributed by atoms with van der Waals surface area (Å²) in [5, 5.41) is 2.50. The fraction of sp³-hybridized carbons (Fsp3) is 0.333. The van der Waals surface area contributed by atoms with Crippen LogP contribution in [0.25, 0.3) is 16.8 Å². The third-order valence-corrected chi connectivity index (χ3v) is 7.05. The molecule has 3 aliphatic carbocycles. The number of carbonyl (C=O) groups excluding carboxylic acids is 2. The van der Waals surface area contributed by atoms with Crippen LogP contribution >= 0.6 is 0 Å². The predicted molar refractivity (Wildman–Crippen MR) is 104 cm³/mol. The first-order valence-electron chi connectivity index (χ1n) is 9.45. The summed E-state index contributed by atoms with van der Waals surface area (Å²) in [4.78, 5) is 25.3. The molecule has 26 heavy (non-hydrogen) atoms. The van der Waals surface area contributed by atoms with Crippen LogP contribution in [0, 0.1) is 17.3 Å². The molecule has 0 amide bonds. The zero-order valence-electron chi connectivity index (χ0n) is 15.2. The van der Waals surface area contributed by atoms with Gasteiger partial charge in [0.25, 0.3) is 0 Å². The van der Waals surface area contributed by atoms with Gasteiger partial charge in [-0.15, -0.1) is 0 Å². The number of hydrogen-bond acceptors (Lipinski definition) is 2. The summed E-state index contributed by atoms with van der Waals surface area (Å²) < 4.78 is 0. The van der Waals surface area contributed by atoms with Crippen molar-refractivity contribution in [1.82, 2.24) is 0 Å². The van der Waals surface area contributed by atoms with Crippen molar-refractivity contribution in [2.45, 2.75) is 32.6 Å². The Kier molecular flexibility index (Phi) is 3.19. The Bertz CT molecular complexity index is 1010. The summed E-state index contributed by atoms with van der Waals surface area (Å²) in [7, 11) is 0. The lowest BCUT2D eigenvalue weighted by atomic mass is 9.63. The van der Waals surface area contributed by atoms with Gasteiger partial charge in [0.05, 0.1) is 5.41 Å². The molecule has 2 aromatic carbocycles. The van der Waals surface area contributed by atoms with Crippen molar-refractivity contribution in [3.05, 3.63) is 65.3 Å². The van der Waals surface area contributed by atoms with Gasteiger partial charge in [0.15, 0.2) is 0 Å². The predicted octanol–water partition coefficient (Wildman–Crippen LogP) is 5.08. The molecule has 0 aromatic heterocycles. The van der Waals surface area contributed by atoms with Crippen LogP contribution in [0.1, 0.15) is 43.7 Å². The van der Waals surface area contributed by atoms with Crippen molar-refractivity contribution < 1.29 is 9.59 Å². The third kappa shape index (κ3) is 1.82. The smallest absolute Gasteiger partial charge is 0.143 e. The Morgan fingerprint density at radius 3 is 2.58 bits per heavy atom. The minimum Gasteiger partial charge on any atom is -0.299 e. The van der Waals surface area contributed by atoms with Gasteiger partial charge in [0.2, 0.25) is 0 Å². The number of carbonyl (C=O) groups is 2. The van der Waals surface area contributed by atoms with Gasteiger partial charge in [0.1, 0.15) is 11.6 Å². The van der Waals surface area contributed by atoms with Crippen LogP contribution in [0.4, 0.5) is 0 Å². The van der Waals surface area contributed by atoms with Crippen LogP contribution in [0.2, 0.25) is 0 Å². The third-order valence-electron chi connectivity index (χ3n) is 7.05. The molecule has 0 radical (unpaired) electrons. The minimum absolute atomic E-state index is 0.0354. The van der Waals surface area contributed by atoms with Gasteiger partial charge in [-0.2, -0.15) is 0 Å². The minimum atomic E-state index is -0.836. The summed E-state index contributed by atoms with van der Waals surface area (Å²) in [6, 6.07) is 12.9. The zero-order valence-corrected chi connectivity index (χ0v) is 15.2. The normalized spacial score (nSPS) is 27.6. The quantitative estimate of drug-likeness (QED) is 0.563. The van der Waals surface area contributed by atoms with Crippen molar-refractivity contribution in [3.8, 4) is 0 Å². The number of fused-ring (bicyclic) bond motifs is 4. The summed E-state index contributed by atoms with van der Waals surface area (Å²) >= 11 is 0. The van der Waals surface area contributed by atoms with Gasteiger partial charge >= 0.3 is 0 Å². The van der Waals surface area contributed by atoms with E-state index in [1.807, 2.05) is 0 Å². The van der Waals surface area contributed by atoms with E-state index in [1.54, 1.807) is 13.8 Å². The first-order chi connectivity index (χ1) is 12.5. The monoisotopic (exact) mass is 342 g/mol. The van der Waals surface area contributed by atoms with Crippen LogP contribution < -0.4 is 0 Å². The molecular formula is C24H22O2. The molecule has 2 aromatic rings. The van der Waals surface area contributed by atoms with Crippen molar-refractivity contribution >= 4 is 28.4 Å². The number of rotatable bonds is 2. The van der Waals surface area contributed by atoms with Gasteiger partial charge in [-0.1, -0.05) is 60.2 Å². The highest BCUT2D eigenvalue weighted by atomic mass is 16.2. The van der Waals surface area contributed by atoms with E-state index in [0.717, 1.165) is 6.42 Å². The van der Waals surface area contributed by atoms with Gasteiger partial charge in [-0.25, -0.2) is 0 Å². The van der Waals surface area contributed by atoms with Crippen molar-refractivity contribution in [3.63, 3.8) is 0 Å². The first-order valence-corrected chi connectivity index (χ1v) is 9.45. The maximum absolute atomic E-state index is 12.7. The van der Waals surface area contributed by atoms with E-state index >= 15 is 0 Å². The number of Topliss-reactive ketones (excluding diaryl/α,β-unsaturated/α-hetero) is 2. The highest BCUT2D eigenvalue weighted by molar-refractivity contribution is 6.07. The van der Waals surface area contributed by atoms with Crippen molar-refractivity contribution in [2.75, 3.05) is 0 Å². The number of benzene rings is 2. The van der Waals surface area contributed by atoms with Crippen LogP contribution in [-0.2, 0) is 9.59 Å². The van der Waals surface area contributed by atoms with Crippen LogP contribution in [0.15, 0.2) is 54.1 Å².